The molecule has 0 bridgehead atoms. The minimum atomic E-state index is -0.479. The molecule has 5 nitrogen and oxygen atoms in total. The Hall–Kier alpha value is -3.86. The minimum absolute atomic E-state index is 0.240. The molecule has 144 valence electrons. The van der Waals surface area contributed by atoms with Crippen molar-refractivity contribution < 1.29 is 19.0 Å². The quantitative estimate of drug-likeness (QED) is 0.459. The molecule has 0 saturated carbocycles. The van der Waals surface area contributed by atoms with Crippen molar-refractivity contribution in [3.05, 3.63) is 101 Å². The molecule has 0 atom stereocenters. The maximum Gasteiger partial charge on any atom is 0.363 e. The molecule has 5 heteroatoms. The largest absolute Gasteiger partial charge is 0.493 e. The molecular formula is C24H19NO4. The molecule has 0 amide bonds. The Morgan fingerprint density at radius 1 is 0.931 bits per heavy atom. The van der Waals surface area contributed by atoms with E-state index in [1.165, 1.54) is 0 Å². The van der Waals surface area contributed by atoms with Crippen LogP contribution in [0.2, 0.25) is 0 Å². The number of rotatable bonds is 6. The molecule has 4 rings (SSSR count). The zero-order chi connectivity index (χ0) is 20.1. The Balaban J connectivity index is 1.54. The lowest BCUT2D eigenvalue weighted by molar-refractivity contribution is -0.129. The van der Waals surface area contributed by atoms with E-state index in [9.17, 15) is 4.79 Å². The van der Waals surface area contributed by atoms with E-state index < -0.39 is 5.97 Å². The van der Waals surface area contributed by atoms with Crippen LogP contribution in [0, 0.1) is 0 Å². The lowest BCUT2D eigenvalue weighted by atomic mass is 10.1. The second-order valence-electron chi connectivity index (χ2n) is 6.39. The monoisotopic (exact) mass is 385 g/mol. The van der Waals surface area contributed by atoms with Crippen molar-refractivity contribution in [2.24, 2.45) is 4.99 Å². The lowest BCUT2D eigenvalue weighted by Gasteiger charge is -2.11. The predicted octanol–water partition coefficient (Wildman–Crippen LogP) is 4.62. The molecule has 3 aromatic carbocycles. The Labute approximate surface area is 168 Å². The smallest absolute Gasteiger partial charge is 0.363 e. The average molecular weight is 385 g/mol. The van der Waals surface area contributed by atoms with Gasteiger partial charge in [-0.25, -0.2) is 9.79 Å². The average Bonchev–Trinajstić information content (AvgIpc) is 3.14. The highest BCUT2D eigenvalue weighted by Crippen LogP contribution is 2.30. The first-order valence-electron chi connectivity index (χ1n) is 9.16. The Bertz CT molecular complexity index is 1070. The summed E-state index contributed by atoms with van der Waals surface area (Å²) in [6.45, 7) is 0.439. The summed E-state index contributed by atoms with van der Waals surface area (Å²) in [5, 5.41) is 0. The molecule has 0 aliphatic carbocycles. The molecule has 0 spiro atoms. The van der Waals surface area contributed by atoms with Gasteiger partial charge in [-0.15, -0.1) is 0 Å². The number of cyclic esters (lactones) is 1. The van der Waals surface area contributed by atoms with Crippen molar-refractivity contribution in [1.82, 2.24) is 0 Å². The van der Waals surface area contributed by atoms with Gasteiger partial charge < -0.3 is 14.2 Å². The maximum atomic E-state index is 12.2. The highest BCUT2D eigenvalue weighted by molar-refractivity contribution is 6.12. The molecule has 1 heterocycles. The maximum absolute atomic E-state index is 12.2. The van der Waals surface area contributed by atoms with Gasteiger partial charge in [0.05, 0.1) is 7.11 Å². The number of aliphatic imine (C=N–C) groups is 1. The van der Waals surface area contributed by atoms with E-state index in [1.807, 2.05) is 72.8 Å². The SMILES string of the molecule is COc1cc(C=C2N=C(c3ccccc3)OC2=O)ccc1OCc1ccccc1. The number of hydrogen-bond donors (Lipinski definition) is 0. The van der Waals surface area contributed by atoms with Crippen LogP contribution >= 0.6 is 0 Å². The van der Waals surface area contributed by atoms with Crippen molar-refractivity contribution in [3.63, 3.8) is 0 Å². The van der Waals surface area contributed by atoms with Crippen LogP contribution in [-0.4, -0.2) is 19.0 Å². The zero-order valence-electron chi connectivity index (χ0n) is 15.9. The van der Waals surface area contributed by atoms with Crippen LogP contribution < -0.4 is 9.47 Å². The summed E-state index contributed by atoms with van der Waals surface area (Å²) in [6, 6.07) is 24.7. The normalized spacial score (nSPS) is 14.4. The van der Waals surface area contributed by atoms with Gasteiger partial charge in [-0.2, -0.15) is 0 Å². The third kappa shape index (κ3) is 4.35. The zero-order valence-corrected chi connectivity index (χ0v) is 15.9. The summed E-state index contributed by atoms with van der Waals surface area (Å²) in [7, 11) is 1.58. The molecule has 29 heavy (non-hydrogen) atoms. The first-order chi connectivity index (χ1) is 14.2. The third-order valence-corrected chi connectivity index (χ3v) is 4.37. The van der Waals surface area contributed by atoms with Gasteiger partial charge in [0.1, 0.15) is 6.61 Å². The number of esters is 1. The topological polar surface area (TPSA) is 57.1 Å². The summed E-state index contributed by atoms with van der Waals surface area (Å²) in [5.41, 5.74) is 2.83. The van der Waals surface area contributed by atoms with Crippen LogP contribution in [0.1, 0.15) is 16.7 Å². The number of hydrogen-bond acceptors (Lipinski definition) is 5. The Morgan fingerprint density at radius 3 is 2.38 bits per heavy atom. The standard InChI is InChI=1S/C24H19NO4/c1-27-22-15-18(12-13-21(22)28-16-17-8-4-2-5-9-17)14-20-24(26)29-23(25-20)19-10-6-3-7-11-19/h2-15H,16H2,1H3. The molecule has 0 N–H and O–H groups in total. The molecule has 3 aromatic rings. The number of carbonyl (C=O) groups excluding carboxylic acids is 1. The highest BCUT2D eigenvalue weighted by atomic mass is 16.6. The molecule has 0 fully saturated rings. The predicted molar refractivity (Wildman–Crippen MR) is 111 cm³/mol. The number of methoxy groups -OCH3 is 1. The summed E-state index contributed by atoms with van der Waals surface area (Å²) in [4.78, 5) is 16.5. The summed E-state index contributed by atoms with van der Waals surface area (Å²) >= 11 is 0. The van der Waals surface area contributed by atoms with Crippen LogP contribution in [0.15, 0.2) is 89.6 Å². The van der Waals surface area contributed by atoms with Crippen LogP contribution in [0.3, 0.4) is 0 Å². The van der Waals surface area contributed by atoms with Gasteiger partial charge in [-0.1, -0.05) is 54.6 Å². The van der Waals surface area contributed by atoms with E-state index in [2.05, 4.69) is 4.99 Å². The number of nitrogens with zero attached hydrogens (tertiary/aromatic N) is 1. The van der Waals surface area contributed by atoms with Gasteiger partial charge in [0.15, 0.2) is 17.2 Å². The molecule has 0 unspecified atom stereocenters. The second kappa shape index (κ2) is 8.44. The van der Waals surface area contributed by atoms with Gasteiger partial charge >= 0.3 is 5.97 Å². The van der Waals surface area contributed by atoms with E-state index in [1.54, 1.807) is 19.3 Å². The lowest BCUT2D eigenvalue weighted by Crippen LogP contribution is -2.04. The first-order valence-corrected chi connectivity index (χ1v) is 9.16. The molecule has 1 aliphatic heterocycles. The molecular weight excluding hydrogens is 366 g/mol. The molecule has 0 radical (unpaired) electrons. The van der Waals surface area contributed by atoms with Gasteiger partial charge in [-0.05, 0) is 41.5 Å². The molecule has 0 saturated heterocycles. The van der Waals surface area contributed by atoms with Crippen molar-refractivity contribution in [3.8, 4) is 11.5 Å². The Kier molecular flexibility index (Phi) is 5.38. The second-order valence-corrected chi connectivity index (χ2v) is 6.39. The van der Waals surface area contributed by atoms with Gasteiger partial charge in [0.25, 0.3) is 0 Å². The summed E-state index contributed by atoms with van der Waals surface area (Å²) in [6.07, 6.45) is 1.67. The molecule has 0 aromatic heterocycles. The van der Waals surface area contributed by atoms with Gasteiger partial charge in [0, 0.05) is 5.56 Å². The molecule has 1 aliphatic rings. The van der Waals surface area contributed by atoms with Crippen molar-refractivity contribution >= 4 is 17.9 Å². The van der Waals surface area contributed by atoms with E-state index in [0.29, 0.717) is 24.0 Å². The summed E-state index contributed by atoms with van der Waals surface area (Å²) < 4.78 is 16.6. The van der Waals surface area contributed by atoms with E-state index in [4.69, 9.17) is 14.2 Å². The fourth-order valence-electron chi connectivity index (χ4n) is 2.90. The van der Waals surface area contributed by atoms with Crippen LogP contribution in [-0.2, 0) is 16.1 Å². The Morgan fingerprint density at radius 2 is 1.66 bits per heavy atom. The number of benzene rings is 3. The van der Waals surface area contributed by atoms with Crippen LogP contribution in [0.4, 0.5) is 0 Å². The fraction of sp³-hybridized carbons (Fsp3) is 0.0833. The van der Waals surface area contributed by atoms with Crippen LogP contribution in [0.5, 0.6) is 11.5 Å². The van der Waals surface area contributed by atoms with E-state index in [0.717, 1.165) is 16.7 Å². The minimum Gasteiger partial charge on any atom is -0.493 e. The third-order valence-electron chi connectivity index (χ3n) is 4.37. The van der Waals surface area contributed by atoms with E-state index in [-0.39, 0.29) is 5.70 Å². The number of carbonyl (C=O) groups is 1. The summed E-state index contributed by atoms with van der Waals surface area (Å²) in [5.74, 6) is 1.03. The highest BCUT2D eigenvalue weighted by Gasteiger charge is 2.24. The van der Waals surface area contributed by atoms with E-state index >= 15 is 0 Å². The fourth-order valence-corrected chi connectivity index (χ4v) is 2.90. The van der Waals surface area contributed by atoms with Crippen LogP contribution in [0.25, 0.3) is 6.08 Å². The van der Waals surface area contributed by atoms with Crippen molar-refractivity contribution in [2.75, 3.05) is 7.11 Å². The van der Waals surface area contributed by atoms with Crippen molar-refractivity contribution in [1.29, 1.82) is 0 Å². The van der Waals surface area contributed by atoms with Gasteiger partial charge in [-0.3, -0.25) is 0 Å². The number of ether oxygens (including phenoxy) is 3. The van der Waals surface area contributed by atoms with Gasteiger partial charge in [0.2, 0.25) is 5.90 Å². The first kappa shape index (κ1) is 18.5. The van der Waals surface area contributed by atoms with Crippen molar-refractivity contribution in [2.45, 2.75) is 6.61 Å².